The summed E-state index contributed by atoms with van der Waals surface area (Å²) in [5, 5.41) is 12.4. The fraction of sp³-hybridized carbons (Fsp3) is 0. The van der Waals surface area contributed by atoms with Crippen LogP contribution in [0.15, 0.2) is 30.5 Å². The zero-order chi connectivity index (χ0) is 14.0. The zero-order valence-electron chi connectivity index (χ0n) is 9.56. The van der Waals surface area contributed by atoms with E-state index in [1.54, 1.807) is 0 Å². The monoisotopic (exact) mass is 326 g/mol. The molecule has 0 amide bonds. The molecule has 9 heteroatoms. The third kappa shape index (κ3) is 3.25. The molecule has 0 unspecified atom stereocenters. The minimum atomic E-state index is -5.01. The van der Waals surface area contributed by atoms with E-state index >= 15 is 0 Å². The maximum atomic E-state index is 11.2. The standard InChI is InChI=1S/C10H11AsN4O4/c12-10-13-4-3-9(15-10)14-7-5-6(11(17,18)19)1-2-8(7)16/h1-5,16H,(H2,17,18,19)(H3,12,13,14,15). The molecular formula is C10H11AsN4O4. The van der Waals surface area contributed by atoms with Gasteiger partial charge in [-0.2, -0.15) is 0 Å². The molecule has 1 heterocycles. The summed E-state index contributed by atoms with van der Waals surface area (Å²) in [7, 11) is 0. The number of phenols is 1. The number of aromatic hydroxyl groups is 1. The Bertz CT molecular complexity index is 658. The van der Waals surface area contributed by atoms with Crippen molar-refractivity contribution in [3.05, 3.63) is 30.5 Å². The quantitative estimate of drug-likeness (QED) is 0.360. The Labute approximate surface area is 110 Å². The number of nitrogens with two attached hydrogens (primary N) is 1. The molecule has 0 aliphatic carbocycles. The predicted octanol–water partition coefficient (Wildman–Crippen LogP) is -0.931. The van der Waals surface area contributed by atoms with E-state index in [0.29, 0.717) is 5.82 Å². The third-order valence-corrected chi connectivity index (χ3v) is 4.25. The molecule has 0 aliphatic heterocycles. The van der Waals surface area contributed by atoms with Gasteiger partial charge in [0, 0.05) is 0 Å². The van der Waals surface area contributed by atoms with Crippen molar-refractivity contribution in [1.82, 2.24) is 9.97 Å². The summed E-state index contributed by atoms with van der Waals surface area (Å²) in [6.07, 6.45) is 1.42. The Morgan fingerprint density at radius 2 is 2.00 bits per heavy atom. The molecule has 0 radical (unpaired) electrons. The van der Waals surface area contributed by atoms with Crippen molar-refractivity contribution in [3.8, 4) is 5.75 Å². The average molecular weight is 326 g/mol. The van der Waals surface area contributed by atoms with Gasteiger partial charge in [0.25, 0.3) is 0 Å². The van der Waals surface area contributed by atoms with Crippen molar-refractivity contribution < 1.29 is 17.0 Å². The predicted molar refractivity (Wildman–Crippen MR) is 68.3 cm³/mol. The van der Waals surface area contributed by atoms with E-state index in [0.717, 1.165) is 0 Å². The molecule has 19 heavy (non-hydrogen) atoms. The van der Waals surface area contributed by atoms with Crippen LogP contribution in [0.3, 0.4) is 0 Å². The first-order valence-corrected chi connectivity index (χ1v) is 8.49. The number of nitrogens with one attached hydrogen (secondary N) is 1. The van der Waals surface area contributed by atoms with Crippen LogP contribution in [0.2, 0.25) is 0 Å². The topological polar surface area (TPSA) is 142 Å². The Kier molecular flexibility index (Phi) is 3.48. The van der Waals surface area contributed by atoms with Gasteiger partial charge in [-0.25, -0.2) is 0 Å². The fourth-order valence-corrected chi connectivity index (χ4v) is 2.57. The number of nitrogens with zero attached hydrogens (tertiary/aromatic N) is 2. The number of benzene rings is 1. The van der Waals surface area contributed by atoms with E-state index < -0.39 is 14.2 Å². The molecule has 6 N–H and O–H groups in total. The zero-order valence-corrected chi connectivity index (χ0v) is 11.4. The number of nitrogen functional groups attached to an aromatic ring is 1. The van der Waals surface area contributed by atoms with Crippen LogP contribution in [-0.4, -0.2) is 37.4 Å². The molecule has 1 aromatic heterocycles. The van der Waals surface area contributed by atoms with Crippen molar-refractivity contribution in [2.75, 3.05) is 11.1 Å². The van der Waals surface area contributed by atoms with Gasteiger partial charge in [-0.15, -0.1) is 0 Å². The fourth-order valence-electron chi connectivity index (χ4n) is 1.39. The van der Waals surface area contributed by atoms with Crippen LogP contribution in [0.4, 0.5) is 17.5 Å². The number of aromatic nitrogens is 2. The summed E-state index contributed by atoms with van der Waals surface area (Å²) >= 11 is -5.01. The maximum absolute atomic E-state index is 11.2. The first-order valence-electron chi connectivity index (χ1n) is 5.11. The van der Waals surface area contributed by atoms with Crippen LogP contribution in [0.25, 0.3) is 0 Å². The number of hydrogen-bond donors (Lipinski definition) is 5. The molecule has 0 saturated heterocycles. The average Bonchev–Trinajstić information content (AvgIpc) is 2.30. The summed E-state index contributed by atoms with van der Waals surface area (Å²) in [6.45, 7) is 0. The van der Waals surface area contributed by atoms with E-state index in [1.807, 2.05) is 0 Å². The molecule has 100 valence electrons. The first kappa shape index (κ1) is 13.4. The molecule has 0 fully saturated rings. The van der Waals surface area contributed by atoms with Crippen LogP contribution in [0.5, 0.6) is 5.75 Å². The van der Waals surface area contributed by atoms with Gasteiger partial charge in [0.05, 0.1) is 0 Å². The molecule has 0 atom stereocenters. The molecule has 0 aliphatic rings. The van der Waals surface area contributed by atoms with E-state index in [1.165, 1.54) is 30.5 Å². The summed E-state index contributed by atoms with van der Waals surface area (Å²) in [6, 6.07) is 5.05. The van der Waals surface area contributed by atoms with Crippen molar-refractivity contribution in [2.45, 2.75) is 0 Å². The van der Waals surface area contributed by atoms with Gasteiger partial charge in [0.15, 0.2) is 0 Å². The summed E-state index contributed by atoms with van der Waals surface area (Å²) < 4.78 is 29.3. The number of anilines is 3. The van der Waals surface area contributed by atoms with Gasteiger partial charge in [0.2, 0.25) is 0 Å². The van der Waals surface area contributed by atoms with Crippen LogP contribution >= 0.6 is 0 Å². The molecule has 0 saturated carbocycles. The Morgan fingerprint density at radius 1 is 1.26 bits per heavy atom. The van der Waals surface area contributed by atoms with Gasteiger partial charge in [-0.3, -0.25) is 0 Å². The minimum absolute atomic E-state index is 0.0414. The van der Waals surface area contributed by atoms with Crippen molar-refractivity contribution in [2.24, 2.45) is 0 Å². The summed E-state index contributed by atoms with van der Waals surface area (Å²) in [5.41, 5.74) is 5.53. The van der Waals surface area contributed by atoms with Crippen molar-refractivity contribution in [3.63, 3.8) is 0 Å². The van der Waals surface area contributed by atoms with Crippen molar-refractivity contribution in [1.29, 1.82) is 0 Å². The van der Waals surface area contributed by atoms with Gasteiger partial charge in [0.1, 0.15) is 0 Å². The SMILES string of the molecule is Nc1nccc(Nc2cc([As](=O)(O)O)ccc2O)n1. The van der Waals surface area contributed by atoms with Gasteiger partial charge < -0.3 is 0 Å². The molecule has 0 spiro atoms. The Hall–Kier alpha value is -2.02. The molecular weight excluding hydrogens is 315 g/mol. The van der Waals surface area contributed by atoms with Crippen LogP contribution < -0.4 is 15.4 Å². The van der Waals surface area contributed by atoms with Gasteiger partial charge in [-0.05, 0) is 0 Å². The van der Waals surface area contributed by atoms with E-state index in [2.05, 4.69) is 15.3 Å². The first-order chi connectivity index (χ1) is 8.86. The molecule has 2 rings (SSSR count). The van der Waals surface area contributed by atoms with E-state index in [4.69, 9.17) is 13.9 Å². The summed E-state index contributed by atoms with van der Waals surface area (Å²) in [4.78, 5) is 7.56. The number of phenolic OH excluding ortho intramolecular Hbond substituents is 1. The molecule has 8 nitrogen and oxygen atoms in total. The van der Waals surface area contributed by atoms with E-state index in [9.17, 15) is 8.85 Å². The van der Waals surface area contributed by atoms with Crippen LogP contribution in [0, 0.1) is 0 Å². The molecule has 2 aromatic rings. The second-order valence-corrected chi connectivity index (χ2v) is 7.04. The number of rotatable bonds is 3. The van der Waals surface area contributed by atoms with Crippen LogP contribution in [0.1, 0.15) is 0 Å². The van der Waals surface area contributed by atoms with Gasteiger partial charge in [-0.1, -0.05) is 0 Å². The van der Waals surface area contributed by atoms with Gasteiger partial charge >= 0.3 is 110 Å². The Balaban J connectivity index is 2.37. The molecule has 1 aromatic carbocycles. The normalized spacial score (nSPS) is 11.3. The second kappa shape index (κ2) is 4.93. The summed E-state index contributed by atoms with van der Waals surface area (Å²) in [5.74, 6) is 0.183. The molecule has 0 bridgehead atoms. The Morgan fingerprint density at radius 3 is 2.63 bits per heavy atom. The van der Waals surface area contributed by atoms with Crippen molar-refractivity contribution >= 4 is 36.0 Å². The van der Waals surface area contributed by atoms with E-state index in [-0.39, 0.29) is 21.7 Å². The third-order valence-electron chi connectivity index (χ3n) is 2.25. The number of hydrogen-bond acceptors (Lipinski definition) is 6. The second-order valence-electron chi connectivity index (χ2n) is 3.67. The van der Waals surface area contributed by atoms with Crippen LogP contribution in [-0.2, 0) is 3.74 Å².